The SMILES string of the molecule is FC(F)(F)c1[c]c(Cl)cc(Cl)c1. The van der Waals surface area contributed by atoms with Gasteiger partial charge in [0.15, 0.2) is 0 Å². The van der Waals surface area contributed by atoms with Gasteiger partial charge in [-0.1, -0.05) is 23.2 Å². The monoisotopic (exact) mass is 213 g/mol. The van der Waals surface area contributed by atoms with E-state index in [1.54, 1.807) is 0 Å². The predicted molar refractivity (Wildman–Crippen MR) is 40.3 cm³/mol. The van der Waals surface area contributed by atoms with Gasteiger partial charge in [0.1, 0.15) is 0 Å². The molecule has 0 aliphatic rings. The summed E-state index contributed by atoms with van der Waals surface area (Å²) in [6.45, 7) is 0. The Balaban J connectivity index is 3.18. The van der Waals surface area contributed by atoms with Crippen LogP contribution in [0.4, 0.5) is 13.2 Å². The molecule has 0 fully saturated rings. The van der Waals surface area contributed by atoms with Gasteiger partial charge in [0.25, 0.3) is 0 Å². The molecule has 1 aromatic rings. The Morgan fingerprint density at radius 2 is 1.75 bits per heavy atom. The van der Waals surface area contributed by atoms with Crippen LogP contribution in [0.15, 0.2) is 12.1 Å². The Kier molecular flexibility index (Phi) is 2.54. The van der Waals surface area contributed by atoms with E-state index in [2.05, 4.69) is 0 Å². The van der Waals surface area contributed by atoms with Gasteiger partial charge in [-0.25, -0.2) is 0 Å². The number of benzene rings is 1. The van der Waals surface area contributed by atoms with E-state index in [1.807, 2.05) is 6.07 Å². The Labute approximate surface area is 76.9 Å². The molecule has 0 N–H and O–H groups in total. The normalized spacial score (nSPS) is 11.8. The second-order valence-corrected chi connectivity index (χ2v) is 2.90. The number of rotatable bonds is 0. The lowest BCUT2D eigenvalue weighted by Crippen LogP contribution is -2.04. The summed E-state index contributed by atoms with van der Waals surface area (Å²) >= 11 is 10.7. The molecule has 0 bridgehead atoms. The van der Waals surface area contributed by atoms with Crippen molar-refractivity contribution in [3.05, 3.63) is 33.8 Å². The van der Waals surface area contributed by atoms with Gasteiger partial charge in [-0.2, -0.15) is 13.2 Å². The maximum absolute atomic E-state index is 12.0. The third kappa shape index (κ3) is 2.29. The predicted octanol–water partition coefficient (Wildman–Crippen LogP) is 3.81. The maximum atomic E-state index is 12.0. The molecule has 0 spiro atoms. The van der Waals surface area contributed by atoms with E-state index in [0.29, 0.717) is 0 Å². The van der Waals surface area contributed by atoms with Gasteiger partial charge in [-0.3, -0.25) is 0 Å². The third-order valence-corrected chi connectivity index (χ3v) is 1.53. The quantitative estimate of drug-likeness (QED) is 0.615. The number of alkyl halides is 3. The smallest absolute Gasteiger partial charge is 0.166 e. The average molecular weight is 214 g/mol. The Hall–Kier alpha value is -0.410. The van der Waals surface area contributed by atoms with Crippen LogP contribution < -0.4 is 0 Å². The lowest BCUT2D eigenvalue weighted by atomic mass is 10.2. The van der Waals surface area contributed by atoms with Crippen LogP contribution in [0.3, 0.4) is 0 Å². The van der Waals surface area contributed by atoms with E-state index >= 15 is 0 Å². The molecule has 0 nitrogen and oxygen atoms in total. The highest BCUT2D eigenvalue weighted by Crippen LogP contribution is 2.32. The van der Waals surface area contributed by atoms with Crippen molar-refractivity contribution in [2.45, 2.75) is 6.18 Å². The van der Waals surface area contributed by atoms with Crippen LogP contribution in [-0.4, -0.2) is 0 Å². The molecule has 0 atom stereocenters. The van der Waals surface area contributed by atoms with Crippen molar-refractivity contribution < 1.29 is 13.2 Å². The standard InChI is InChI=1S/C7H2Cl2F3/c8-5-1-4(7(10,11)12)2-6(9)3-5/h1,3H. The van der Waals surface area contributed by atoms with Crippen LogP contribution in [0.25, 0.3) is 0 Å². The van der Waals surface area contributed by atoms with Crippen molar-refractivity contribution in [1.82, 2.24) is 0 Å². The van der Waals surface area contributed by atoms with E-state index in [0.717, 1.165) is 6.07 Å². The van der Waals surface area contributed by atoms with Crippen molar-refractivity contribution in [3.8, 4) is 0 Å². The molecule has 0 heterocycles. The second-order valence-electron chi connectivity index (χ2n) is 2.06. The first-order valence-electron chi connectivity index (χ1n) is 2.85. The molecule has 1 rings (SSSR count). The molecule has 0 aliphatic heterocycles. The highest BCUT2D eigenvalue weighted by atomic mass is 35.5. The van der Waals surface area contributed by atoms with Crippen LogP contribution in [0.2, 0.25) is 10.0 Å². The summed E-state index contributed by atoms with van der Waals surface area (Å²) in [7, 11) is 0. The van der Waals surface area contributed by atoms with Gasteiger partial charge in [0.2, 0.25) is 0 Å². The van der Waals surface area contributed by atoms with E-state index in [4.69, 9.17) is 23.2 Å². The van der Waals surface area contributed by atoms with E-state index in [-0.39, 0.29) is 10.0 Å². The van der Waals surface area contributed by atoms with Crippen molar-refractivity contribution in [3.63, 3.8) is 0 Å². The summed E-state index contributed by atoms with van der Waals surface area (Å²) < 4.78 is 36.0. The summed E-state index contributed by atoms with van der Waals surface area (Å²) in [5, 5.41) is -0.194. The van der Waals surface area contributed by atoms with Crippen LogP contribution >= 0.6 is 23.2 Å². The molecule has 0 unspecified atom stereocenters. The van der Waals surface area contributed by atoms with Crippen molar-refractivity contribution in [1.29, 1.82) is 0 Å². The van der Waals surface area contributed by atoms with Crippen molar-refractivity contribution in [2.24, 2.45) is 0 Å². The Morgan fingerprint density at radius 3 is 2.17 bits per heavy atom. The lowest BCUT2D eigenvalue weighted by molar-refractivity contribution is -0.137. The minimum absolute atomic E-state index is 0.0499. The highest BCUT2D eigenvalue weighted by Gasteiger charge is 2.31. The molecule has 0 saturated carbocycles. The minimum Gasteiger partial charge on any atom is -0.166 e. The summed E-state index contributed by atoms with van der Waals surface area (Å²) in [5.74, 6) is 0. The maximum Gasteiger partial charge on any atom is 0.417 e. The molecule has 0 saturated heterocycles. The minimum atomic E-state index is -4.45. The van der Waals surface area contributed by atoms with Gasteiger partial charge in [0.05, 0.1) is 10.6 Å². The van der Waals surface area contributed by atoms with Crippen molar-refractivity contribution >= 4 is 23.2 Å². The molecule has 5 heteroatoms. The van der Waals surface area contributed by atoms with E-state index in [9.17, 15) is 13.2 Å². The molecule has 12 heavy (non-hydrogen) atoms. The fraction of sp³-hybridized carbons (Fsp3) is 0.143. The molecular weight excluding hydrogens is 212 g/mol. The van der Waals surface area contributed by atoms with Crippen LogP contribution in [0.1, 0.15) is 5.56 Å². The second kappa shape index (κ2) is 3.15. The zero-order chi connectivity index (χ0) is 9.35. The highest BCUT2D eigenvalue weighted by molar-refractivity contribution is 6.34. The summed E-state index contributed by atoms with van der Waals surface area (Å²) in [4.78, 5) is 0. The molecule has 1 aromatic carbocycles. The largest absolute Gasteiger partial charge is 0.417 e. The molecule has 0 aromatic heterocycles. The van der Waals surface area contributed by atoms with Gasteiger partial charge in [0, 0.05) is 11.1 Å². The Bertz CT molecular complexity index is 273. The summed E-state index contributed by atoms with van der Waals surface area (Å²) in [6.07, 6.45) is -4.45. The lowest BCUT2D eigenvalue weighted by Gasteiger charge is -2.06. The molecule has 0 amide bonds. The van der Waals surface area contributed by atoms with Gasteiger partial charge in [-0.15, -0.1) is 0 Å². The van der Waals surface area contributed by atoms with Gasteiger partial charge >= 0.3 is 6.18 Å². The molecule has 1 radical (unpaired) electrons. The molecule has 65 valence electrons. The first-order chi connectivity index (χ1) is 5.39. The molecular formula is C7H2Cl2F3. The van der Waals surface area contributed by atoms with Gasteiger partial charge in [-0.05, 0) is 12.1 Å². The number of hydrogen-bond acceptors (Lipinski definition) is 0. The topological polar surface area (TPSA) is 0 Å². The fourth-order valence-corrected chi connectivity index (χ4v) is 1.15. The first kappa shape index (κ1) is 9.68. The van der Waals surface area contributed by atoms with Crippen molar-refractivity contribution in [2.75, 3.05) is 0 Å². The van der Waals surface area contributed by atoms with E-state index < -0.39 is 11.7 Å². The summed E-state index contributed by atoms with van der Waals surface area (Å²) in [5.41, 5.74) is -0.958. The first-order valence-corrected chi connectivity index (χ1v) is 3.61. The Morgan fingerprint density at radius 1 is 1.17 bits per heavy atom. The number of halogens is 5. The number of hydrogen-bond donors (Lipinski definition) is 0. The average Bonchev–Trinajstić information content (AvgIpc) is 1.82. The van der Waals surface area contributed by atoms with Crippen LogP contribution in [-0.2, 0) is 6.18 Å². The third-order valence-electron chi connectivity index (χ3n) is 1.11. The summed E-state index contributed by atoms with van der Waals surface area (Å²) in [6, 6.07) is 3.91. The van der Waals surface area contributed by atoms with Crippen LogP contribution in [0, 0.1) is 6.07 Å². The zero-order valence-corrected chi connectivity index (χ0v) is 7.06. The van der Waals surface area contributed by atoms with Crippen LogP contribution in [0.5, 0.6) is 0 Å². The molecule has 0 aliphatic carbocycles. The van der Waals surface area contributed by atoms with E-state index in [1.165, 1.54) is 6.07 Å². The van der Waals surface area contributed by atoms with Gasteiger partial charge < -0.3 is 0 Å². The zero-order valence-electron chi connectivity index (χ0n) is 5.54. The fourth-order valence-electron chi connectivity index (χ4n) is 0.654.